The number of hydrogen-bond acceptors (Lipinski definition) is 2. The van der Waals surface area contributed by atoms with E-state index in [1.54, 1.807) is 6.07 Å². The summed E-state index contributed by atoms with van der Waals surface area (Å²) in [5.41, 5.74) is 2.77. The maximum Gasteiger partial charge on any atom is 0.166 e. The maximum atomic E-state index is 13.9. The summed E-state index contributed by atoms with van der Waals surface area (Å²) in [6, 6.07) is 10.4. The third kappa shape index (κ3) is 3.61. The van der Waals surface area contributed by atoms with E-state index >= 15 is 0 Å². The molecule has 0 atom stereocenters. The van der Waals surface area contributed by atoms with Gasteiger partial charge < -0.3 is 9.84 Å². The van der Waals surface area contributed by atoms with Gasteiger partial charge in [-0.1, -0.05) is 39.0 Å². The molecular weight excluding hydrogens is 267 g/mol. The predicted octanol–water partition coefficient (Wildman–Crippen LogP) is 4.72. The number of benzene rings is 2. The van der Waals surface area contributed by atoms with Crippen molar-refractivity contribution < 1.29 is 14.2 Å². The highest BCUT2D eigenvalue weighted by atomic mass is 19.1. The Bertz CT molecular complexity index is 642. The lowest BCUT2D eigenvalue weighted by molar-refractivity contribution is 0.281. The molecule has 112 valence electrons. The van der Waals surface area contributed by atoms with E-state index in [4.69, 9.17) is 9.84 Å². The molecule has 0 spiro atoms. The summed E-state index contributed by atoms with van der Waals surface area (Å²) in [4.78, 5) is 0. The van der Waals surface area contributed by atoms with Crippen LogP contribution in [0.25, 0.3) is 0 Å². The van der Waals surface area contributed by atoms with Crippen molar-refractivity contribution in [1.29, 1.82) is 0 Å². The second-order valence-corrected chi connectivity index (χ2v) is 6.26. The summed E-state index contributed by atoms with van der Waals surface area (Å²) in [5, 5.41) is 8.99. The topological polar surface area (TPSA) is 29.5 Å². The smallest absolute Gasteiger partial charge is 0.166 e. The molecule has 0 amide bonds. The van der Waals surface area contributed by atoms with E-state index in [1.165, 1.54) is 17.7 Å². The Kier molecular flexibility index (Phi) is 4.33. The fourth-order valence-corrected chi connectivity index (χ4v) is 2.07. The van der Waals surface area contributed by atoms with E-state index in [0.29, 0.717) is 11.3 Å². The van der Waals surface area contributed by atoms with Crippen molar-refractivity contribution in [3.63, 3.8) is 0 Å². The van der Waals surface area contributed by atoms with Gasteiger partial charge in [0, 0.05) is 0 Å². The Morgan fingerprint density at radius 3 is 2.24 bits per heavy atom. The van der Waals surface area contributed by atoms with Crippen molar-refractivity contribution in [3.05, 3.63) is 58.9 Å². The van der Waals surface area contributed by atoms with Crippen LogP contribution < -0.4 is 4.74 Å². The first-order valence-corrected chi connectivity index (χ1v) is 6.99. The fraction of sp³-hybridized carbons (Fsp3) is 0.333. The van der Waals surface area contributed by atoms with Gasteiger partial charge in [0.05, 0.1) is 6.61 Å². The zero-order valence-electron chi connectivity index (χ0n) is 12.9. The molecule has 2 rings (SSSR count). The number of hydrogen-bond donors (Lipinski definition) is 1. The molecule has 0 heterocycles. The first kappa shape index (κ1) is 15.5. The molecular formula is C18H21FO2. The molecule has 0 saturated carbocycles. The van der Waals surface area contributed by atoms with Gasteiger partial charge in [0.2, 0.25) is 0 Å². The molecule has 0 aliphatic heterocycles. The van der Waals surface area contributed by atoms with Crippen molar-refractivity contribution >= 4 is 0 Å². The summed E-state index contributed by atoms with van der Waals surface area (Å²) in [6.45, 7) is 8.21. The SMILES string of the molecule is Cc1cc(C(C)(C)C)ccc1Oc1ccc(CO)cc1F. The molecule has 3 heteroatoms. The molecule has 0 radical (unpaired) electrons. The fourth-order valence-electron chi connectivity index (χ4n) is 2.07. The van der Waals surface area contributed by atoms with Crippen LogP contribution in [0.4, 0.5) is 4.39 Å². The second-order valence-electron chi connectivity index (χ2n) is 6.26. The number of aliphatic hydroxyl groups excluding tert-OH is 1. The Morgan fingerprint density at radius 2 is 1.71 bits per heavy atom. The van der Waals surface area contributed by atoms with Gasteiger partial charge in [-0.3, -0.25) is 0 Å². The van der Waals surface area contributed by atoms with Crippen LogP contribution in [0, 0.1) is 12.7 Å². The Hall–Kier alpha value is -1.87. The first-order valence-electron chi connectivity index (χ1n) is 6.99. The summed E-state index contributed by atoms with van der Waals surface area (Å²) in [7, 11) is 0. The van der Waals surface area contributed by atoms with Gasteiger partial charge >= 0.3 is 0 Å². The zero-order valence-corrected chi connectivity index (χ0v) is 12.9. The zero-order chi connectivity index (χ0) is 15.6. The van der Waals surface area contributed by atoms with Crippen molar-refractivity contribution in [3.8, 4) is 11.5 Å². The van der Waals surface area contributed by atoms with E-state index in [-0.39, 0.29) is 17.8 Å². The molecule has 0 bridgehead atoms. The molecule has 0 unspecified atom stereocenters. The van der Waals surface area contributed by atoms with Gasteiger partial charge in [-0.25, -0.2) is 4.39 Å². The van der Waals surface area contributed by atoms with Crippen molar-refractivity contribution in [2.24, 2.45) is 0 Å². The van der Waals surface area contributed by atoms with E-state index < -0.39 is 5.82 Å². The van der Waals surface area contributed by atoms with Gasteiger partial charge in [0.25, 0.3) is 0 Å². The van der Waals surface area contributed by atoms with Gasteiger partial charge in [-0.05, 0) is 47.2 Å². The van der Waals surface area contributed by atoms with E-state index in [9.17, 15) is 4.39 Å². The minimum atomic E-state index is -0.471. The first-order chi connectivity index (χ1) is 9.81. The Labute approximate surface area is 125 Å². The normalized spacial score (nSPS) is 11.5. The molecule has 2 aromatic carbocycles. The quantitative estimate of drug-likeness (QED) is 0.885. The summed E-state index contributed by atoms with van der Waals surface area (Å²) >= 11 is 0. The van der Waals surface area contributed by atoms with Crippen LogP contribution in [0.3, 0.4) is 0 Å². The number of rotatable bonds is 3. The summed E-state index contributed by atoms with van der Waals surface area (Å²) in [5.74, 6) is 0.332. The minimum absolute atomic E-state index is 0.0668. The van der Waals surface area contributed by atoms with Crippen LogP contribution in [-0.2, 0) is 12.0 Å². The van der Waals surface area contributed by atoms with Gasteiger partial charge in [-0.2, -0.15) is 0 Å². The third-order valence-electron chi connectivity index (χ3n) is 3.44. The molecule has 0 aliphatic rings. The molecule has 0 aliphatic carbocycles. The molecule has 0 aromatic heterocycles. The minimum Gasteiger partial charge on any atom is -0.454 e. The maximum absolute atomic E-state index is 13.9. The number of aryl methyl sites for hydroxylation is 1. The largest absolute Gasteiger partial charge is 0.454 e. The number of halogens is 1. The molecule has 0 saturated heterocycles. The molecule has 21 heavy (non-hydrogen) atoms. The molecule has 2 aromatic rings. The van der Waals surface area contributed by atoms with Crippen molar-refractivity contribution in [2.45, 2.75) is 39.7 Å². The van der Waals surface area contributed by atoms with Crippen LogP contribution in [0.2, 0.25) is 0 Å². The van der Waals surface area contributed by atoms with E-state index in [0.717, 1.165) is 5.56 Å². The highest BCUT2D eigenvalue weighted by Crippen LogP contribution is 2.31. The lowest BCUT2D eigenvalue weighted by Crippen LogP contribution is -2.11. The predicted molar refractivity (Wildman–Crippen MR) is 82.3 cm³/mol. The van der Waals surface area contributed by atoms with Gasteiger partial charge in [0.1, 0.15) is 5.75 Å². The second kappa shape index (κ2) is 5.86. The highest BCUT2D eigenvalue weighted by molar-refractivity contribution is 5.42. The Balaban J connectivity index is 2.28. The van der Waals surface area contributed by atoms with Crippen LogP contribution in [0.5, 0.6) is 11.5 Å². The Morgan fingerprint density at radius 1 is 1.05 bits per heavy atom. The summed E-state index contributed by atoms with van der Waals surface area (Å²) < 4.78 is 19.5. The monoisotopic (exact) mass is 288 g/mol. The number of ether oxygens (including phenoxy) is 1. The van der Waals surface area contributed by atoms with Crippen LogP contribution in [-0.4, -0.2) is 5.11 Å². The van der Waals surface area contributed by atoms with Gasteiger partial charge in [0.15, 0.2) is 11.6 Å². The highest BCUT2D eigenvalue weighted by Gasteiger charge is 2.15. The molecule has 2 nitrogen and oxygen atoms in total. The molecule has 0 fully saturated rings. The molecule has 1 N–H and O–H groups in total. The van der Waals surface area contributed by atoms with Crippen LogP contribution in [0.15, 0.2) is 36.4 Å². The number of aliphatic hydroxyl groups is 1. The standard InChI is InChI=1S/C18H21FO2/c1-12-9-14(18(2,3)4)6-8-16(12)21-17-7-5-13(11-20)10-15(17)19/h5-10,20H,11H2,1-4H3. The van der Waals surface area contributed by atoms with Crippen LogP contribution in [0.1, 0.15) is 37.5 Å². The average molecular weight is 288 g/mol. The van der Waals surface area contributed by atoms with E-state index in [1.807, 2.05) is 19.1 Å². The summed E-state index contributed by atoms with van der Waals surface area (Å²) in [6.07, 6.45) is 0. The van der Waals surface area contributed by atoms with Crippen molar-refractivity contribution in [1.82, 2.24) is 0 Å². The van der Waals surface area contributed by atoms with E-state index in [2.05, 4.69) is 26.8 Å². The van der Waals surface area contributed by atoms with Crippen molar-refractivity contribution in [2.75, 3.05) is 0 Å². The lowest BCUT2D eigenvalue weighted by Gasteiger charge is -2.20. The lowest BCUT2D eigenvalue weighted by atomic mass is 9.86. The third-order valence-corrected chi connectivity index (χ3v) is 3.44. The van der Waals surface area contributed by atoms with Gasteiger partial charge in [-0.15, -0.1) is 0 Å². The average Bonchev–Trinajstić information content (AvgIpc) is 2.41. The van der Waals surface area contributed by atoms with Crippen LogP contribution >= 0.6 is 0 Å².